The van der Waals surface area contributed by atoms with Crippen molar-refractivity contribution in [3.8, 4) is 5.75 Å². The number of fused-ring (bicyclic) bond motifs is 1. The molecule has 2 atom stereocenters. The highest BCUT2D eigenvalue weighted by atomic mass is 16.5. The lowest BCUT2D eigenvalue weighted by Crippen LogP contribution is -2.31. The summed E-state index contributed by atoms with van der Waals surface area (Å²) in [4.78, 5) is 0. The fourth-order valence-electron chi connectivity index (χ4n) is 2.73. The summed E-state index contributed by atoms with van der Waals surface area (Å²) in [7, 11) is 0. The number of aryl methyl sites for hydroxylation is 1. The Hall–Kier alpha value is -1.80. The fraction of sp³-hybridized carbons (Fsp3) is 0.333. The molecule has 0 fully saturated rings. The van der Waals surface area contributed by atoms with Crippen molar-refractivity contribution in [2.45, 2.75) is 32.4 Å². The Labute approximate surface area is 120 Å². The highest BCUT2D eigenvalue weighted by molar-refractivity contribution is 5.40. The Morgan fingerprint density at radius 1 is 1.20 bits per heavy atom. The molecule has 2 aromatic rings. The van der Waals surface area contributed by atoms with Gasteiger partial charge in [0, 0.05) is 19.0 Å². The lowest BCUT2D eigenvalue weighted by Gasteiger charge is -2.17. The largest absolute Gasteiger partial charge is 0.488 e. The van der Waals surface area contributed by atoms with Crippen molar-refractivity contribution in [2.24, 2.45) is 0 Å². The molecular formula is C18H21NO. The molecule has 1 aliphatic rings. The van der Waals surface area contributed by atoms with Crippen molar-refractivity contribution in [3.05, 3.63) is 65.2 Å². The van der Waals surface area contributed by atoms with Crippen LogP contribution in [0.15, 0.2) is 48.5 Å². The van der Waals surface area contributed by atoms with Crippen LogP contribution in [-0.2, 0) is 6.42 Å². The van der Waals surface area contributed by atoms with Gasteiger partial charge in [-0.3, -0.25) is 0 Å². The molecule has 1 heterocycles. The van der Waals surface area contributed by atoms with Crippen molar-refractivity contribution in [2.75, 3.05) is 6.54 Å². The number of hydrogen-bond donors (Lipinski definition) is 1. The molecular weight excluding hydrogens is 246 g/mol. The molecule has 0 saturated heterocycles. The van der Waals surface area contributed by atoms with E-state index >= 15 is 0 Å². The summed E-state index contributed by atoms with van der Waals surface area (Å²) in [5.74, 6) is 1.05. The third-order valence-electron chi connectivity index (χ3n) is 3.91. The second-order valence-corrected chi connectivity index (χ2v) is 5.60. The maximum absolute atomic E-state index is 5.99. The molecule has 3 rings (SSSR count). The van der Waals surface area contributed by atoms with Crippen LogP contribution in [-0.4, -0.2) is 12.6 Å². The van der Waals surface area contributed by atoms with E-state index < -0.39 is 0 Å². The first kappa shape index (κ1) is 13.2. The molecule has 0 aliphatic carbocycles. The zero-order chi connectivity index (χ0) is 13.9. The predicted molar refractivity (Wildman–Crippen MR) is 82.2 cm³/mol. The van der Waals surface area contributed by atoms with Crippen LogP contribution in [0.1, 0.15) is 29.7 Å². The van der Waals surface area contributed by atoms with Gasteiger partial charge in [-0.25, -0.2) is 0 Å². The minimum absolute atomic E-state index is 0.248. The topological polar surface area (TPSA) is 21.3 Å². The summed E-state index contributed by atoms with van der Waals surface area (Å²) < 4.78 is 5.99. The molecule has 1 N–H and O–H groups in total. The molecule has 104 valence electrons. The Morgan fingerprint density at radius 3 is 2.80 bits per heavy atom. The first-order valence-electron chi connectivity index (χ1n) is 7.27. The van der Waals surface area contributed by atoms with Gasteiger partial charge in [0.05, 0.1) is 0 Å². The van der Waals surface area contributed by atoms with Crippen molar-refractivity contribution in [1.29, 1.82) is 0 Å². The minimum Gasteiger partial charge on any atom is -0.488 e. The zero-order valence-corrected chi connectivity index (χ0v) is 12.1. The summed E-state index contributed by atoms with van der Waals surface area (Å²) in [6.07, 6.45) is 1.25. The molecule has 1 aliphatic heterocycles. The molecule has 1 unspecified atom stereocenters. The van der Waals surface area contributed by atoms with Crippen LogP contribution in [0.5, 0.6) is 5.75 Å². The second kappa shape index (κ2) is 5.68. The fourth-order valence-corrected chi connectivity index (χ4v) is 2.73. The van der Waals surface area contributed by atoms with Crippen molar-refractivity contribution in [1.82, 2.24) is 5.32 Å². The van der Waals surface area contributed by atoms with E-state index in [4.69, 9.17) is 4.74 Å². The first-order chi connectivity index (χ1) is 9.72. The molecule has 0 spiro atoms. The Bertz CT molecular complexity index is 579. The van der Waals surface area contributed by atoms with Gasteiger partial charge in [-0.1, -0.05) is 48.0 Å². The van der Waals surface area contributed by atoms with Crippen molar-refractivity contribution < 1.29 is 4.74 Å². The summed E-state index contributed by atoms with van der Waals surface area (Å²) in [5, 5.41) is 3.57. The van der Waals surface area contributed by atoms with E-state index in [2.05, 4.69) is 67.7 Å². The van der Waals surface area contributed by atoms with E-state index in [1.54, 1.807) is 0 Å². The van der Waals surface area contributed by atoms with Crippen molar-refractivity contribution in [3.63, 3.8) is 0 Å². The van der Waals surface area contributed by atoms with E-state index in [9.17, 15) is 0 Å². The van der Waals surface area contributed by atoms with Crippen LogP contribution in [0, 0.1) is 6.92 Å². The van der Waals surface area contributed by atoms with Crippen LogP contribution >= 0.6 is 0 Å². The van der Waals surface area contributed by atoms with Crippen molar-refractivity contribution >= 4 is 0 Å². The highest BCUT2D eigenvalue weighted by Gasteiger charge is 2.23. The molecule has 2 heteroatoms. The van der Waals surface area contributed by atoms with Crippen LogP contribution in [0.25, 0.3) is 0 Å². The molecule has 0 radical (unpaired) electrons. The standard InChI is InChI=1S/C18H21NO/c1-13-8-9-18-16(10-13)11-17(20-18)12-19-14(2)15-6-4-3-5-7-15/h3-10,14,17,19H,11-12H2,1-2H3/t14-,17?/m1/s1. The SMILES string of the molecule is Cc1ccc2c(c1)CC(CN[C@H](C)c1ccccc1)O2. The minimum atomic E-state index is 0.248. The number of rotatable bonds is 4. The lowest BCUT2D eigenvalue weighted by atomic mass is 10.1. The highest BCUT2D eigenvalue weighted by Crippen LogP contribution is 2.29. The molecule has 20 heavy (non-hydrogen) atoms. The average Bonchev–Trinajstić information content (AvgIpc) is 2.87. The van der Waals surface area contributed by atoms with E-state index in [1.165, 1.54) is 16.7 Å². The van der Waals surface area contributed by atoms with Crippen LogP contribution in [0.3, 0.4) is 0 Å². The Kier molecular flexibility index (Phi) is 3.75. The van der Waals surface area contributed by atoms with Gasteiger partial charge in [-0.2, -0.15) is 0 Å². The Morgan fingerprint density at radius 2 is 2.00 bits per heavy atom. The molecule has 2 nitrogen and oxygen atoms in total. The predicted octanol–water partition coefficient (Wildman–Crippen LogP) is 3.65. The number of benzene rings is 2. The van der Waals surface area contributed by atoms with Gasteiger partial charge in [0.1, 0.15) is 11.9 Å². The number of hydrogen-bond acceptors (Lipinski definition) is 2. The van der Waals surface area contributed by atoms with Gasteiger partial charge in [0.25, 0.3) is 0 Å². The monoisotopic (exact) mass is 267 g/mol. The van der Waals surface area contributed by atoms with Gasteiger partial charge in [-0.05, 0) is 31.0 Å². The quantitative estimate of drug-likeness (QED) is 0.913. The summed E-state index contributed by atoms with van der Waals surface area (Å²) in [6, 6.07) is 17.3. The van der Waals surface area contributed by atoms with Crippen LogP contribution in [0.4, 0.5) is 0 Å². The summed E-state index contributed by atoms with van der Waals surface area (Å²) >= 11 is 0. The Balaban J connectivity index is 1.56. The van der Waals surface area contributed by atoms with E-state index in [1.807, 2.05) is 0 Å². The normalized spacial score (nSPS) is 18.4. The zero-order valence-electron chi connectivity index (χ0n) is 12.1. The van der Waals surface area contributed by atoms with E-state index in [0.29, 0.717) is 6.04 Å². The summed E-state index contributed by atoms with van der Waals surface area (Å²) in [5.41, 5.74) is 3.96. The van der Waals surface area contributed by atoms with Gasteiger partial charge >= 0.3 is 0 Å². The number of ether oxygens (including phenoxy) is 1. The van der Waals surface area contributed by atoms with E-state index in [-0.39, 0.29) is 6.10 Å². The smallest absolute Gasteiger partial charge is 0.123 e. The molecule has 0 amide bonds. The van der Waals surface area contributed by atoms with E-state index in [0.717, 1.165) is 18.7 Å². The molecule has 0 bridgehead atoms. The molecule has 0 saturated carbocycles. The molecule has 0 aromatic heterocycles. The van der Waals surface area contributed by atoms with Gasteiger partial charge in [-0.15, -0.1) is 0 Å². The first-order valence-corrected chi connectivity index (χ1v) is 7.27. The van der Waals surface area contributed by atoms with Crippen LogP contribution in [0.2, 0.25) is 0 Å². The maximum atomic E-state index is 5.99. The average molecular weight is 267 g/mol. The van der Waals surface area contributed by atoms with Crippen LogP contribution < -0.4 is 10.1 Å². The third-order valence-corrected chi connectivity index (χ3v) is 3.91. The second-order valence-electron chi connectivity index (χ2n) is 5.60. The van der Waals surface area contributed by atoms with Gasteiger partial charge < -0.3 is 10.1 Å². The van der Waals surface area contributed by atoms with Gasteiger partial charge in [0.15, 0.2) is 0 Å². The summed E-state index contributed by atoms with van der Waals surface area (Å²) in [6.45, 7) is 5.20. The van der Waals surface area contributed by atoms with Gasteiger partial charge in [0.2, 0.25) is 0 Å². The molecule has 2 aromatic carbocycles. The third kappa shape index (κ3) is 2.86. The maximum Gasteiger partial charge on any atom is 0.123 e. The lowest BCUT2D eigenvalue weighted by molar-refractivity contribution is 0.222. The number of nitrogens with one attached hydrogen (secondary N) is 1.